The number of carbonyl (C=O) groups excluding carboxylic acids is 2. The van der Waals surface area contributed by atoms with Crippen molar-refractivity contribution in [1.82, 2.24) is 10.2 Å². The molecule has 2 aliphatic rings. The second-order valence-corrected chi connectivity index (χ2v) is 9.06. The number of rotatable bonds is 4. The average molecular weight is 409 g/mol. The molecule has 1 heterocycles. The molecule has 0 bridgehead atoms. The van der Waals surface area contributed by atoms with E-state index in [1.165, 1.54) is 12.1 Å². The van der Waals surface area contributed by atoms with Crippen molar-refractivity contribution in [2.45, 2.75) is 64.1 Å². The van der Waals surface area contributed by atoms with E-state index < -0.39 is 5.54 Å². The summed E-state index contributed by atoms with van der Waals surface area (Å²) in [6.45, 7) is 4.37. The molecule has 30 heavy (non-hydrogen) atoms. The van der Waals surface area contributed by atoms with E-state index in [4.69, 9.17) is 0 Å². The number of nitrogens with one attached hydrogen (secondary N) is 1. The van der Waals surface area contributed by atoms with Crippen molar-refractivity contribution in [3.63, 3.8) is 0 Å². The van der Waals surface area contributed by atoms with Crippen molar-refractivity contribution < 1.29 is 14.0 Å². The van der Waals surface area contributed by atoms with Gasteiger partial charge in [0.05, 0.1) is 0 Å². The summed E-state index contributed by atoms with van der Waals surface area (Å²) < 4.78 is 13.4. The van der Waals surface area contributed by atoms with E-state index >= 15 is 0 Å². The summed E-state index contributed by atoms with van der Waals surface area (Å²) in [4.78, 5) is 28.6. The Labute approximate surface area is 177 Å². The third-order valence-electron chi connectivity index (χ3n) is 6.72. The molecule has 0 radical (unpaired) electrons. The first-order valence-electron chi connectivity index (χ1n) is 10.8. The van der Waals surface area contributed by atoms with E-state index in [9.17, 15) is 14.0 Å². The third kappa shape index (κ3) is 3.98. The van der Waals surface area contributed by atoms with Crippen LogP contribution in [0.1, 0.15) is 61.0 Å². The zero-order chi connectivity index (χ0) is 21.3. The maximum atomic E-state index is 13.5. The Bertz CT molecular complexity index is 934. The van der Waals surface area contributed by atoms with Crippen molar-refractivity contribution in [2.24, 2.45) is 5.92 Å². The topological polar surface area (TPSA) is 49.4 Å². The normalized spacial score (nSPS) is 26.2. The van der Waals surface area contributed by atoms with Gasteiger partial charge >= 0.3 is 0 Å². The van der Waals surface area contributed by atoms with Crippen molar-refractivity contribution in [1.29, 1.82) is 0 Å². The molecule has 5 heteroatoms. The van der Waals surface area contributed by atoms with Gasteiger partial charge in [-0.15, -0.1) is 0 Å². The van der Waals surface area contributed by atoms with Crippen LogP contribution in [0.2, 0.25) is 0 Å². The van der Waals surface area contributed by atoms with E-state index in [0.717, 1.165) is 36.8 Å². The Morgan fingerprint density at radius 3 is 2.47 bits per heavy atom. The number of benzene rings is 2. The lowest BCUT2D eigenvalue weighted by molar-refractivity contribution is -0.133. The largest absolute Gasteiger partial charge is 0.351 e. The molecule has 0 saturated heterocycles. The minimum atomic E-state index is -0.997. The van der Waals surface area contributed by atoms with Crippen LogP contribution in [-0.2, 0) is 17.8 Å². The highest BCUT2D eigenvalue weighted by molar-refractivity contribution is 6.02. The molecule has 2 aromatic carbocycles. The first-order chi connectivity index (χ1) is 14.4. The van der Waals surface area contributed by atoms with Crippen molar-refractivity contribution in [3.05, 3.63) is 71.0 Å². The van der Waals surface area contributed by atoms with E-state index in [2.05, 4.69) is 12.2 Å². The quantitative estimate of drug-likeness (QED) is 0.811. The predicted octanol–water partition coefficient (Wildman–Crippen LogP) is 4.48. The number of hydrogen-bond acceptors (Lipinski definition) is 2. The van der Waals surface area contributed by atoms with Gasteiger partial charge in [-0.05, 0) is 67.9 Å². The highest BCUT2D eigenvalue weighted by atomic mass is 19.1. The molecule has 4 rings (SSSR count). The smallest absolute Gasteiger partial charge is 0.255 e. The van der Waals surface area contributed by atoms with Crippen molar-refractivity contribution in [2.75, 3.05) is 0 Å². The molecule has 2 aromatic rings. The van der Waals surface area contributed by atoms with Crippen molar-refractivity contribution in [3.8, 4) is 0 Å². The Morgan fingerprint density at radius 1 is 1.10 bits per heavy atom. The molecule has 1 aliphatic carbocycles. The number of nitrogens with zero attached hydrogens (tertiary/aromatic N) is 1. The Morgan fingerprint density at radius 2 is 1.77 bits per heavy atom. The molecule has 0 aromatic heterocycles. The number of amides is 2. The van der Waals surface area contributed by atoms with Crippen LogP contribution in [0.4, 0.5) is 4.39 Å². The first kappa shape index (κ1) is 20.6. The van der Waals surface area contributed by atoms with Crippen LogP contribution in [0.5, 0.6) is 0 Å². The molecule has 2 amide bonds. The number of fused-ring (bicyclic) bond motifs is 1. The van der Waals surface area contributed by atoms with Crippen LogP contribution in [0, 0.1) is 11.7 Å². The van der Waals surface area contributed by atoms with Crippen LogP contribution in [0.15, 0.2) is 48.5 Å². The second kappa shape index (κ2) is 8.21. The summed E-state index contributed by atoms with van der Waals surface area (Å²) in [5.74, 6) is 0.121. The van der Waals surface area contributed by atoms with Gasteiger partial charge in [0.1, 0.15) is 11.4 Å². The lowest BCUT2D eigenvalue weighted by atomic mass is 9.81. The minimum absolute atomic E-state index is 0.105. The fraction of sp³-hybridized carbons (Fsp3) is 0.440. The van der Waals surface area contributed by atoms with E-state index in [1.54, 1.807) is 17.0 Å². The van der Waals surface area contributed by atoms with Gasteiger partial charge in [0.2, 0.25) is 5.91 Å². The molecule has 0 spiro atoms. The fourth-order valence-electron chi connectivity index (χ4n) is 4.69. The van der Waals surface area contributed by atoms with Crippen LogP contribution in [0.25, 0.3) is 0 Å². The molecular weight excluding hydrogens is 379 g/mol. The highest BCUT2D eigenvalue weighted by Crippen LogP contribution is 2.33. The summed E-state index contributed by atoms with van der Waals surface area (Å²) in [7, 11) is 0. The van der Waals surface area contributed by atoms with Gasteiger partial charge in [0.15, 0.2) is 0 Å². The zero-order valence-electron chi connectivity index (χ0n) is 17.7. The van der Waals surface area contributed by atoms with E-state index in [-0.39, 0.29) is 30.2 Å². The Balaban J connectivity index is 1.63. The third-order valence-corrected chi connectivity index (χ3v) is 6.72. The summed E-state index contributed by atoms with van der Waals surface area (Å²) in [6, 6.07) is 13.8. The number of hydrogen-bond donors (Lipinski definition) is 1. The van der Waals surface area contributed by atoms with Crippen LogP contribution < -0.4 is 5.32 Å². The summed E-state index contributed by atoms with van der Waals surface area (Å²) in [6.07, 6.45) is 4.65. The standard InChI is InChI=1S/C25H29FN2O2/c1-17-7-13-21(14-8-17)27-24(30)25(2)15-19-5-3-4-6-22(19)23(29)28(25)16-18-9-11-20(26)12-10-18/h3-6,9-12,17,21H,7-8,13-16H2,1-2H3,(H,27,30)/t17?,21?,25-/m1/s1. The maximum absolute atomic E-state index is 13.5. The molecule has 1 saturated carbocycles. The highest BCUT2D eigenvalue weighted by Gasteiger charge is 2.47. The van der Waals surface area contributed by atoms with E-state index in [1.807, 2.05) is 31.2 Å². The molecule has 1 N–H and O–H groups in total. The lowest BCUT2D eigenvalue weighted by Gasteiger charge is -2.45. The van der Waals surface area contributed by atoms with Gasteiger partial charge in [-0.3, -0.25) is 9.59 Å². The molecule has 0 unspecified atom stereocenters. The Hall–Kier alpha value is -2.69. The van der Waals surface area contributed by atoms with Gasteiger partial charge in [-0.25, -0.2) is 4.39 Å². The Kier molecular flexibility index (Phi) is 5.63. The van der Waals surface area contributed by atoms with Crippen LogP contribution in [0.3, 0.4) is 0 Å². The summed E-state index contributed by atoms with van der Waals surface area (Å²) in [5, 5.41) is 3.23. The SMILES string of the molecule is CC1CCC(NC(=O)[C@@]2(C)Cc3ccccc3C(=O)N2Cc2ccc(F)cc2)CC1. The van der Waals surface area contributed by atoms with Crippen LogP contribution in [-0.4, -0.2) is 28.3 Å². The second-order valence-electron chi connectivity index (χ2n) is 9.06. The number of halogens is 1. The van der Waals surface area contributed by atoms with Gasteiger partial charge in [-0.1, -0.05) is 37.3 Å². The lowest BCUT2D eigenvalue weighted by Crippen LogP contribution is -2.63. The molecule has 4 nitrogen and oxygen atoms in total. The first-order valence-corrected chi connectivity index (χ1v) is 10.8. The molecular formula is C25H29FN2O2. The fourth-order valence-corrected chi connectivity index (χ4v) is 4.69. The average Bonchev–Trinajstić information content (AvgIpc) is 2.74. The summed E-state index contributed by atoms with van der Waals surface area (Å²) in [5.41, 5.74) is 1.34. The zero-order valence-corrected chi connectivity index (χ0v) is 17.7. The predicted molar refractivity (Wildman–Crippen MR) is 114 cm³/mol. The molecule has 1 fully saturated rings. The van der Waals surface area contributed by atoms with Gasteiger partial charge < -0.3 is 10.2 Å². The van der Waals surface area contributed by atoms with Gasteiger partial charge in [0.25, 0.3) is 5.91 Å². The van der Waals surface area contributed by atoms with Crippen molar-refractivity contribution >= 4 is 11.8 Å². The summed E-state index contributed by atoms with van der Waals surface area (Å²) >= 11 is 0. The number of carbonyl (C=O) groups is 2. The van der Waals surface area contributed by atoms with Gasteiger partial charge in [0, 0.05) is 24.6 Å². The van der Waals surface area contributed by atoms with Gasteiger partial charge in [-0.2, -0.15) is 0 Å². The van der Waals surface area contributed by atoms with E-state index in [0.29, 0.717) is 17.9 Å². The molecule has 158 valence electrons. The molecule has 1 aliphatic heterocycles. The van der Waals surface area contributed by atoms with Crippen LogP contribution >= 0.6 is 0 Å². The maximum Gasteiger partial charge on any atom is 0.255 e. The molecule has 1 atom stereocenters. The monoisotopic (exact) mass is 408 g/mol. The minimum Gasteiger partial charge on any atom is -0.351 e.